The number of hydrogen-bond acceptors (Lipinski definition) is 3. The van der Waals surface area contributed by atoms with Crippen LogP contribution >= 0.6 is 0 Å². The van der Waals surface area contributed by atoms with Crippen molar-refractivity contribution in [3.63, 3.8) is 0 Å². The molecule has 2 fully saturated rings. The predicted octanol–water partition coefficient (Wildman–Crippen LogP) is 3.03. The molecule has 3 unspecified atom stereocenters. The van der Waals surface area contributed by atoms with Crippen LogP contribution in [0.2, 0.25) is 0 Å². The Labute approximate surface area is 111 Å². The van der Waals surface area contributed by atoms with Crippen molar-refractivity contribution >= 4 is 5.97 Å². The number of esters is 1. The highest BCUT2D eigenvalue weighted by atomic mass is 16.6. The molecule has 0 aromatic rings. The van der Waals surface area contributed by atoms with E-state index >= 15 is 0 Å². The van der Waals surface area contributed by atoms with Gasteiger partial charge in [0.1, 0.15) is 6.10 Å². The van der Waals surface area contributed by atoms with E-state index in [4.69, 9.17) is 4.74 Å². The number of carbonyl (C=O) groups excluding carboxylic acids is 1. The van der Waals surface area contributed by atoms with Crippen molar-refractivity contribution in [2.24, 2.45) is 5.41 Å². The molecule has 3 heteroatoms. The fourth-order valence-electron chi connectivity index (χ4n) is 3.27. The van der Waals surface area contributed by atoms with Crippen LogP contribution in [-0.2, 0) is 9.53 Å². The van der Waals surface area contributed by atoms with E-state index in [9.17, 15) is 4.79 Å². The lowest BCUT2D eigenvalue weighted by molar-refractivity contribution is -0.149. The van der Waals surface area contributed by atoms with Gasteiger partial charge in [-0.15, -0.1) is 0 Å². The molecule has 2 aliphatic rings. The summed E-state index contributed by atoms with van der Waals surface area (Å²) in [6, 6.07) is 0.809. The Bertz CT molecular complexity index is 299. The van der Waals surface area contributed by atoms with Gasteiger partial charge in [0.15, 0.2) is 0 Å². The lowest BCUT2D eigenvalue weighted by Crippen LogP contribution is -2.49. The van der Waals surface area contributed by atoms with Crippen LogP contribution in [0.15, 0.2) is 0 Å². The van der Waals surface area contributed by atoms with Crippen molar-refractivity contribution in [2.75, 3.05) is 0 Å². The van der Waals surface area contributed by atoms with Crippen LogP contribution in [-0.4, -0.2) is 24.2 Å². The van der Waals surface area contributed by atoms with E-state index in [1.54, 1.807) is 0 Å². The molecule has 18 heavy (non-hydrogen) atoms. The van der Waals surface area contributed by atoms with E-state index in [0.717, 1.165) is 12.8 Å². The van der Waals surface area contributed by atoms with E-state index in [1.165, 1.54) is 32.1 Å². The molecule has 1 saturated heterocycles. The third-order valence-corrected chi connectivity index (χ3v) is 4.89. The molecule has 0 aromatic heterocycles. The van der Waals surface area contributed by atoms with Gasteiger partial charge in [0.2, 0.25) is 0 Å². The van der Waals surface area contributed by atoms with E-state index in [1.807, 2.05) is 0 Å². The summed E-state index contributed by atoms with van der Waals surface area (Å²) < 4.78 is 5.46. The highest BCUT2D eigenvalue weighted by molar-refractivity contribution is 5.79. The summed E-state index contributed by atoms with van der Waals surface area (Å²) in [5, 5.41) is 3.68. The Morgan fingerprint density at radius 3 is 2.61 bits per heavy atom. The minimum Gasteiger partial charge on any atom is -0.462 e. The SMILES string of the molecule is CCC1CC(C)(C(C)NC2CCCCC2)C(=O)O1. The fourth-order valence-corrected chi connectivity index (χ4v) is 3.27. The average Bonchev–Trinajstić information content (AvgIpc) is 2.68. The Kier molecular flexibility index (Phi) is 4.31. The third-order valence-electron chi connectivity index (χ3n) is 4.89. The maximum Gasteiger partial charge on any atom is 0.313 e. The van der Waals surface area contributed by atoms with Crippen molar-refractivity contribution in [1.82, 2.24) is 5.32 Å². The smallest absolute Gasteiger partial charge is 0.313 e. The summed E-state index contributed by atoms with van der Waals surface area (Å²) >= 11 is 0. The van der Waals surface area contributed by atoms with Crippen molar-refractivity contribution in [2.45, 2.75) is 83.9 Å². The Morgan fingerprint density at radius 2 is 2.06 bits per heavy atom. The predicted molar refractivity (Wildman–Crippen MR) is 72.4 cm³/mol. The van der Waals surface area contributed by atoms with E-state index in [2.05, 4.69) is 26.1 Å². The number of cyclic esters (lactones) is 1. The van der Waals surface area contributed by atoms with Crippen molar-refractivity contribution in [1.29, 1.82) is 0 Å². The van der Waals surface area contributed by atoms with Crippen LogP contribution in [0.4, 0.5) is 0 Å². The van der Waals surface area contributed by atoms with Crippen LogP contribution in [0.1, 0.15) is 65.7 Å². The standard InChI is InChI=1S/C15H27NO2/c1-4-13-10-15(3,14(17)18-13)11(2)16-12-8-6-5-7-9-12/h11-13,16H,4-10H2,1-3H3. The van der Waals surface area contributed by atoms with Gasteiger partial charge < -0.3 is 10.1 Å². The summed E-state index contributed by atoms with van der Waals surface area (Å²) in [4.78, 5) is 12.1. The molecule has 1 aliphatic heterocycles. The molecule has 1 saturated carbocycles. The van der Waals surface area contributed by atoms with Gasteiger partial charge in [0.25, 0.3) is 0 Å². The quantitative estimate of drug-likeness (QED) is 0.783. The van der Waals surface area contributed by atoms with Crippen molar-refractivity contribution < 1.29 is 9.53 Å². The Morgan fingerprint density at radius 1 is 1.39 bits per heavy atom. The maximum atomic E-state index is 12.1. The summed E-state index contributed by atoms with van der Waals surface area (Å²) in [5.74, 6) is -0.00911. The molecular weight excluding hydrogens is 226 g/mol. The lowest BCUT2D eigenvalue weighted by Gasteiger charge is -2.33. The molecule has 1 N–H and O–H groups in total. The van der Waals surface area contributed by atoms with Gasteiger partial charge in [0.05, 0.1) is 5.41 Å². The van der Waals surface area contributed by atoms with Gasteiger partial charge in [-0.1, -0.05) is 26.2 Å². The van der Waals surface area contributed by atoms with Crippen molar-refractivity contribution in [3.8, 4) is 0 Å². The summed E-state index contributed by atoms with van der Waals surface area (Å²) in [7, 11) is 0. The van der Waals surface area contributed by atoms with E-state index < -0.39 is 0 Å². The van der Waals surface area contributed by atoms with Gasteiger partial charge in [-0.2, -0.15) is 0 Å². The molecule has 0 amide bonds. The zero-order valence-corrected chi connectivity index (χ0v) is 12.0. The Hall–Kier alpha value is -0.570. The van der Waals surface area contributed by atoms with Gasteiger partial charge in [-0.3, -0.25) is 4.79 Å². The molecule has 0 spiro atoms. The largest absolute Gasteiger partial charge is 0.462 e. The summed E-state index contributed by atoms with van der Waals surface area (Å²) in [6.45, 7) is 6.29. The topological polar surface area (TPSA) is 38.3 Å². The Balaban J connectivity index is 1.94. The second kappa shape index (κ2) is 5.60. The maximum absolute atomic E-state index is 12.1. The van der Waals surface area contributed by atoms with Gasteiger partial charge in [0, 0.05) is 18.5 Å². The number of ether oxygens (including phenoxy) is 1. The average molecular weight is 253 g/mol. The molecule has 3 nitrogen and oxygen atoms in total. The highest BCUT2D eigenvalue weighted by Gasteiger charge is 2.48. The molecule has 2 rings (SSSR count). The van der Waals surface area contributed by atoms with Crippen LogP contribution in [0.25, 0.3) is 0 Å². The second-order valence-electron chi connectivity index (χ2n) is 6.28. The minimum atomic E-state index is -0.335. The fraction of sp³-hybridized carbons (Fsp3) is 0.933. The zero-order chi connectivity index (χ0) is 13.2. The van der Waals surface area contributed by atoms with Crippen LogP contribution in [0, 0.1) is 5.41 Å². The first kappa shape index (κ1) is 13.9. The molecule has 1 aliphatic carbocycles. The third kappa shape index (κ3) is 2.71. The number of nitrogens with one attached hydrogen (secondary N) is 1. The lowest BCUT2D eigenvalue weighted by atomic mass is 9.79. The van der Waals surface area contributed by atoms with Gasteiger partial charge >= 0.3 is 5.97 Å². The number of hydrogen-bond donors (Lipinski definition) is 1. The monoisotopic (exact) mass is 253 g/mol. The molecular formula is C15H27NO2. The van der Waals surface area contributed by atoms with E-state index in [-0.39, 0.29) is 23.5 Å². The first-order valence-electron chi connectivity index (χ1n) is 7.53. The molecule has 1 heterocycles. The molecule has 0 radical (unpaired) electrons. The first-order valence-corrected chi connectivity index (χ1v) is 7.53. The van der Waals surface area contributed by atoms with E-state index in [0.29, 0.717) is 6.04 Å². The molecule has 104 valence electrons. The molecule has 0 aromatic carbocycles. The molecule has 3 atom stereocenters. The van der Waals surface area contributed by atoms with Crippen LogP contribution in [0.5, 0.6) is 0 Å². The molecule has 0 bridgehead atoms. The number of carbonyl (C=O) groups is 1. The normalized spacial score (nSPS) is 35.5. The zero-order valence-electron chi connectivity index (χ0n) is 12.0. The van der Waals surface area contributed by atoms with Crippen molar-refractivity contribution in [3.05, 3.63) is 0 Å². The first-order chi connectivity index (χ1) is 8.56. The summed E-state index contributed by atoms with van der Waals surface area (Å²) in [6.07, 6.45) is 8.44. The van der Waals surface area contributed by atoms with Gasteiger partial charge in [-0.25, -0.2) is 0 Å². The second-order valence-corrected chi connectivity index (χ2v) is 6.28. The number of rotatable bonds is 4. The van der Waals surface area contributed by atoms with Crippen LogP contribution in [0.3, 0.4) is 0 Å². The highest BCUT2D eigenvalue weighted by Crippen LogP contribution is 2.38. The van der Waals surface area contributed by atoms with Crippen LogP contribution < -0.4 is 5.32 Å². The summed E-state index contributed by atoms with van der Waals surface area (Å²) in [5.41, 5.74) is -0.335. The minimum absolute atomic E-state index is 0.00911. The van der Waals surface area contributed by atoms with Gasteiger partial charge in [-0.05, 0) is 33.1 Å².